The van der Waals surface area contributed by atoms with Crippen LogP contribution < -0.4 is 54.0 Å². The molecule has 0 aromatic rings. The summed E-state index contributed by atoms with van der Waals surface area (Å²) in [6.07, 6.45) is -5.50. The lowest BCUT2D eigenvalue weighted by molar-refractivity contribution is -0.138. The molecule has 0 aromatic carbocycles. The van der Waals surface area contributed by atoms with Crippen LogP contribution >= 0.6 is 0 Å². The van der Waals surface area contributed by atoms with E-state index in [0.717, 1.165) is 0 Å². The van der Waals surface area contributed by atoms with E-state index < -0.39 is 158 Å². The summed E-state index contributed by atoms with van der Waals surface area (Å²) in [4.78, 5) is 149. The Balaban J connectivity index is 3.63. The van der Waals surface area contributed by atoms with Crippen molar-refractivity contribution in [1.29, 1.82) is 0 Å². The van der Waals surface area contributed by atoms with Gasteiger partial charge < -0.3 is 58.9 Å². The Labute approximate surface area is 325 Å². The molecule has 1 aliphatic rings. The monoisotopic (exact) mass is 813 g/mol. The first kappa shape index (κ1) is 48.9. The molecule has 9 atom stereocenters. The molecule has 318 valence electrons. The number of aliphatic carboxylic acids is 1. The zero-order valence-corrected chi connectivity index (χ0v) is 31.7. The molecule has 9 unspecified atom stereocenters. The van der Waals surface area contributed by atoms with Gasteiger partial charge in [-0.25, -0.2) is 0 Å². The van der Waals surface area contributed by atoms with Crippen LogP contribution in [0.4, 0.5) is 0 Å². The van der Waals surface area contributed by atoms with Crippen molar-refractivity contribution in [1.82, 2.24) is 42.5 Å². The van der Waals surface area contributed by atoms with Gasteiger partial charge in [-0.05, 0) is 53.4 Å². The fourth-order valence-electron chi connectivity index (χ4n) is 5.03. The quantitative estimate of drug-likeness (QED) is 0.0817. The van der Waals surface area contributed by atoms with Crippen LogP contribution in [0.1, 0.15) is 79.1 Å². The molecule has 25 heteroatoms. The highest BCUT2D eigenvalue weighted by Gasteiger charge is 2.33. The molecular weight excluding hydrogens is 762 g/mol. The number of carbonyl (C=O) groups excluding carboxylic acids is 10. The number of aliphatic hydroxyl groups excluding tert-OH is 1. The average Bonchev–Trinajstić information content (AvgIpc) is 3.13. The van der Waals surface area contributed by atoms with E-state index in [4.69, 9.17) is 11.5 Å². The molecule has 0 saturated carbocycles. The van der Waals surface area contributed by atoms with Crippen molar-refractivity contribution in [3.63, 3.8) is 0 Å². The third kappa shape index (κ3) is 17.9. The number of carboxylic acid groups (broad SMARTS) is 1. The molecule has 25 nitrogen and oxygen atoms in total. The third-order valence-corrected chi connectivity index (χ3v) is 8.44. The van der Waals surface area contributed by atoms with Crippen molar-refractivity contribution in [2.75, 3.05) is 0 Å². The van der Waals surface area contributed by atoms with Gasteiger partial charge in [0.1, 0.15) is 42.5 Å². The lowest BCUT2D eigenvalue weighted by Crippen LogP contribution is -2.61. The molecule has 0 bridgehead atoms. The summed E-state index contributed by atoms with van der Waals surface area (Å²) in [5, 5.41) is 41.1. The summed E-state index contributed by atoms with van der Waals surface area (Å²) in [5.41, 5.74) is 10.4. The zero-order valence-electron chi connectivity index (χ0n) is 31.7. The molecule has 0 spiro atoms. The van der Waals surface area contributed by atoms with Gasteiger partial charge in [0, 0.05) is 30.9 Å². The lowest BCUT2D eigenvalue weighted by atomic mass is 10.1. The molecule has 0 radical (unpaired) electrons. The summed E-state index contributed by atoms with van der Waals surface area (Å²) >= 11 is 0. The first-order chi connectivity index (χ1) is 26.5. The normalized spacial score (nSPS) is 27.7. The van der Waals surface area contributed by atoms with E-state index in [-0.39, 0.29) is 12.8 Å². The number of rotatable bonds is 12. The van der Waals surface area contributed by atoms with Gasteiger partial charge in [0.05, 0.1) is 12.1 Å². The second-order valence-corrected chi connectivity index (χ2v) is 13.3. The van der Waals surface area contributed by atoms with Crippen LogP contribution in [0, 0.1) is 4.91 Å². The van der Waals surface area contributed by atoms with E-state index in [1.54, 1.807) is 0 Å². The molecule has 1 heterocycles. The molecule has 14 N–H and O–H groups in total. The second kappa shape index (κ2) is 23.7. The Morgan fingerprint density at radius 3 is 1.21 bits per heavy atom. The van der Waals surface area contributed by atoms with Crippen LogP contribution in [0.3, 0.4) is 0 Å². The highest BCUT2D eigenvalue weighted by molar-refractivity contribution is 5.97. The van der Waals surface area contributed by atoms with Crippen LogP contribution in [0.15, 0.2) is 5.18 Å². The second-order valence-electron chi connectivity index (χ2n) is 13.3. The number of nitroso groups, excluding NO2 is 1. The van der Waals surface area contributed by atoms with E-state index in [2.05, 4.69) is 47.7 Å². The van der Waals surface area contributed by atoms with Crippen molar-refractivity contribution >= 4 is 65.0 Å². The summed E-state index contributed by atoms with van der Waals surface area (Å²) in [6, 6.07) is -11.8. The topological polar surface area (TPSA) is 406 Å². The van der Waals surface area contributed by atoms with Gasteiger partial charge in [-0.1, -0.05) is 0 Å². The first-order valence-electron chi connectivity index (χ1n) is 17.8. The molecule has 0 aliphatic carbocycles. The fourth-order valence-corrected chi connectivity index (χ4v) is 5.03. The lowest BCUT2D eigenvalue weighted by Gasteiger charge is -2.29. The van der Waals surface area contributed by atoms with Gasteiger partial charge in [0.2, 0.25) is 53.2 Å². The molecule has 57 heavy (non-hydrogen) atoms. The number of hydrogen-bond donors (Lipinski definition) is 12. The van der Waals surface area contributed by atoms with Crippen LogP contribution in [0.25, 0.3) is 0 Å². The number of nitrogens with one attached hydrogen (secondary N) is 8. The molecule has 1 fully saturated rings. The van der Waals surface area contributed by atoms with E-state index >= 15 is 0 Å². The van der Waals surface area contributed by atoms with Crippen LogP contribution in [0.2, 0.25) is 0 Å². The largest absolute Gasteiger partial charge is 0.481 e. The van der Waals surface area contributed by atoms with Gasteiger partial charge in [0.15, 0.2) is 0 Å². The van der Waals surface area contributed by atoms with Crippen molar-refractivity contribution < 1.29 is 63.0 Å². The first-order valence-corrected chi connectivity index (χ1v) is 17.8. The predicted molar refractivity (Wildman–Crippen MR) is 193 cm³/mol. The van der Waals surface area contributed by atoms with E-state index in [1.807, 2.05) is 0 Å². The van der Waals surface area contributed by atoms with E-state index in [9.17, 15) is 67.9 Å². The minimum absolute atomic E-state index is 0.361. The van der Waals surface area contributed by atoms with Crippen LogP contribution in [0.5, 0.6) is 0 Å². The Morgan fingerprint density at radius 2 is 0.860 bits per heavy atom. The number of nitrogens with zero attached hydrogens (tertiary/aromatic N) is 1. The van der Waals surface area contributed by atoms with E-state index in [0.29, 0.717) is 0 Å². The molecular formula is C32H51N11O14. The number of hydrogen-bond acceptors (Lipinski definition) is 14. The highest BCUT2D eigenvalue weighted by atomic mass is 16.4. The van der Waals surface area contributed by atoms with Gasteiger partial charge in [-0.3, -0.25) is 58.1 Å². The zero-order chi connectivity index (χ0) is 43.6. The number of carbonyl (C=O) groups is 11. The van der Waals surface area contributed by atoms with Crippen molar-refractivity contribution in [2.24, 2.45) is 16.6 Å². The molecule has 0 aromatic heterocycles. The van der Waals surface area contributed by atoms with Crippen molar-refractivity contribution in [3.05, 3.63) is 4.91 Å². The smallest absolute Gasteiger partial charge is 0.303 e. The molecule has 1 aliphatic heterocycles. The number of amides is 10. The SMILES string of the molecule is CC1NC(=O)C(CCC(N)=O)NC(=O)C(C)NC(=O)C(CCC(=O)O)NC(O)C(C)NC(=O)C(CCC(N)=O)NC(=O)C(C)NC(=O)C(CCC(=O)N=O)NC1=O. The predicted octanol–water partition coefficient (Wildman–Crippen LogP) is -5.78. The van der Waals surface area contributed by atoms with E-state index in [1.165, 1.54) is 27.7 Å². The minimum atomic E-state index is -1.77. The van der Waals surface area contributed by atoms with Gasteiger partial charge >= 0.3 is 5.97 Å². The highest BCUT2D eigenvalue weighted by Crippen LogP contribution is 2.07. The maximum atomic E-state index is 13.3. The molecule has 1 rings (SSSR count). The Hall–Kier alpha value is -6.11. The maximum absolute atomic E-state index is 13.3. The summed E-state index contributed by atoms with van der Waals surface area (Å²) in [7, 11) is 0. The minimum Gasteiger partial charge on any atom is -0.481 e. The number of aliphatic hydroxyl groups is 1. The Morgan fingerprint density at radius 1 is 0.526 bits per heavy atom. The number of carboxylic acids is 1. The summed E-state index contributed by atoms with van der Waals surface area (Å²) < 4.78 is 0. The Kier molecular flexibility index (Phi) is 20.4. The Bertz CT molecular complexity index is 1560. The molecule has 1 saturated heterocycles. The molecule has 10 amide bonds. The maximum Gasteiger partial charge on any atom is 0.303 e. The van der Waals surface area contributed by atoms with Crippen LogP contribution in [-0.2, 0) is 52.7 Å². The van der Waals surface area contributed by atoms with Crippen LogP contribution in [-0.4, -0.2) is 130 Å². The van der Waals surface area contributed by atoms with Gasteiger partial charge in [-0.2, -0.15) is 0 Å². The van der Waals surface area contributed by atoms with Crippen molar-refractivity contribution in [2.45, 2.75) is 134 Å². The third-order valence-electron chi connectivity index (χ3n) is 8.44. The summed E-state index contributed by atoms with van der Waals surface area (Å²) in [5.74, 6) is -11.2. The number of nitrogens with two attached hydrogens (primary N) is 2. The summed E-state index contributed by atoms with van der Waals surface area (Å²) in [6.45, 7) is 4.82. The fraction of sp³-hybridized carbons (Fsp3) is 0.656. The van der Waals surface area contributed by atoms with Gasteiger partial charge in [-0.15, -0.1) is 4.91 Å². The number of primary amides is 2. The van der Waals surface area contributed by atoms with Crippen molar-refractivity contribution in [3.8, 4) is 0 Å². The average molecular weight is 814 g/mol. The standard InChI is InChI=1S/C32H51N11O14/c1-13-25(49)39-18(6-10-22(34)45)30(54)36-16(4)28(52)42-20(8-12-24(47)48)32(56)38-14(2)26(50)40-17(5-9-21(33)44)29(53)35-15(3)27(51)41-19(31(55)37-13)7-11-23(46)43-57/h13-20,28,42,52H,5-12H2,1-4H3,(H2,33,44)(H2,34,45)(H,35,53)(H,36,54)(H,37,55)(H,38,56)(H,39,49)(H,40,50)(H,41,51)(H,47,48). The van der Waals surface area contributed by atoms with Gasteiger partial charge in [0.25, 0.3) is 5.91 Å².